The molecule has 3 heteroatoms. The molecule has 0 saturated heterocycles. The third kappa shape index (κ3) is 2.19. The Bertz CT molecular complexity index is 514. The number of aryl methyl sites for hydroxylation is 2. The van der Waals surface area contributed by atoms with E-state index >= 15 is 0 Å². The fourth-order valence-corrected chi connectivity index (χ4v) is 1.93. The Balaban J connectivity index is 2.38. The summed E-state index contributed by atoms with van der Waals surface area (Å²) >= 11 is 0. The first-order valence-corrected chi connectivity index (χ1v) is 5.50. The van der Waals surface area contributed by atoms with Crippen LogP contribution in [0.5, 0.6) is 5.75 Å². The van der Waals surface area contributed by atoms with Crippen LogP contribution in [0.2, 0.25) is 0 Å². The van der Waals surface area contributed by atoms with Crippen LogP contribution in [0.3, 0.4) is 0 Å². The molecule has 3 nitrogen and oxygen atoms in total. The maximum Gasteiger partial charge on any atom is 0.119 e. The van der Waals surface area contributed by atoms with Gasteiger partial charge >= 0.3 is 0 Å². The molecule has 0 aliphatic carbocycles. The van der Waals surface area contributed by atoms with Gasteiger partial charge in [0.15, 0.2) is 0 Å². The number of hydrogen-bond donors (Lipinski definition) is 1. The van der Waals surface area contributed by atoms with Crippen molar-refractivity contribution < 1.29 is 14.3 Å². The highest BCUT2D eigenvalue weighted by Crippen LogP contribution is 2.29. The summed E-state index contributed by atoms with van der Waals surface area (Å²) in [7, 11) is 1.63. The lowest BCUT2D eigenvalue weighted by Crippen LogP contribution is -2.02. The van der Waals surface area contributed by atoms with Gasteiger partial charge in [0.05, 0.1) is 13.4 Å². The monoisotopic (exact) mass is 232 g/mol. The zero-order chi connectivity index (χ0) is 12.4. The zero-order valence-corrected chi connectivity index (χ0v) is 10.2. The predicted molar refractivity (Wildman–Crippen MR) is 65.2 cm³/mol. The molecular formula is C14H16O3. The summed E-state index contributed by atoms with van der Waals surface area (Å²) < 4.78 is 10.4. The number of aliphatic hydroxyl groups is 1. The molecule has 1 atom stereocenters. The van der Waals surface area contributed by atoms with Gasteiger partial charge < -0.3 is 14.3 Å². The van der Waals surface area contributed by atoms with E-state index in [1.54, 1.807) is 19.4 Å². The van der Waals surface area contributed by atoms with E-state index in [1.165, 1.54) is 0 Å². The summed E-state index contributed by atoms with van der Waals surface area (Å²) in [5, 5.41) is 10.3. The van der Waals surface area contributed by atoms with Crippen molar-refractivity contribution in [1.82, 2.24) is 0 Å². The highest BCUT2D eigenvalue weighted by molar-refractivity contribution is 5.40. The quantitative estimate of drug-likeness (QED) is 0.884. The van der Waals surface area contributed by atoms with Crippen LogP contribution in [0.15, 0.2) is 34.9 Å². The number of ether oxygens (including phenoxy) is 1. The SMILES string of the molecule is COc1ccc(C(O)c2ccoc2C)c(C)c1. The maximum absolute atomic E-state index is 10.3. The second-order valence-corrected chi connectivity index (χ2v) is 4.06. The van der Waals surface area contributed by atoms with Gasteiger partial charge in [-0.1, -0.05) is 6.07 Å². The fourth-order valence-electron chi connectivity index (χ4n) is 1.93. The molecule has 0 radical (unpaired) electrons. The first kappa shape index (κ1) is 11.7. The second-order valence-electron chi connectivity index (χ2n) is 4.06. The molecule has 17 heavy (non-hydrogen) atoms. The van der Waals surface area contributed by atoms with E-state index < -0.39 is 6.10 Å². The summed E-state index contributed by atoms with van der Waals surface area (Å²) in [5.74, 6) is 1.54. The number of rotatable bonds is 3. The van der Waals surface area contributed by atoms with E-state index in [9.17, 15) is 5.11 Å². The lowest BCUT2D eigenvalue weighted by molar-refractivity contribution is 0.217. The molecule has 1 aromatic heterocycles. The zero-order valence-electron chi connectivity index (χ0n) is 10.2. The van der Waals surface area contributed by atoms with Crippen LogP contribution >= 0.6 is 0 Å². The van der Waals surface area contributed by atoms with Crippen LogP contribution in [0.25, 0.3) is 0 Å². The largest absolute Gasteiger partial charge is 0.497 e. The summed E-state index contributed by atoms with van der Waals surface area (Å²) in [6, 6.07) is 7.43. The van der Waals surface area contributed by atoms with Gasteiger partial charge in [0.1, 0.15) is 17.6 Å². The van der Waals surface area contributed by atoms with Crippen LogP contribution < -0.4 is 4.74 Å². The Morgan fingerprint density at radius 3 is 2.47 bits per heavy atom. The van der Waals surface area contributed by atoms with Crippen molar-refractivity contribution in [3.05, 3.63) is 53.0 Å². The van der Waals surface area contributed by atoms with Crippen molar-refractivity contribution >= 4 is 0 Å². The van der Waals surface area contributed by atoms with E-state index in [0.29, 0.717) is 0 Å². The van der Waals surface area contributed by atoms with E-state index in [1.807, 2.05) is 32.0 Å². The number of hydrogen-bond acceptors (Lipinski definition) is 3. The van der Waals surface area contributed by atoms with Crippen molar-refractivity contribution in [2.24, 2.45) is 0 Å². The molecule has 1 heterocycles. The minimum atomic E-state index is -0.653. The number of methoxy groups -OCH3 is 1. The van der Waals surface area contributed by atoms with Gasteiger partial charge in [0.2, 0.25) is 0 Å². The molecule has 0 spiro atoms. The Morgan fingerprint density at radius 2 is 1.94 bits per heavy atom. The molecule has 0 aliphatic rings. The van der Waals surface area contributed by atoms with Crippen molar-refractivity contribution in [3.8, 4) is 5.75 Å². The molecule has 0 fully saturated rings. The topological polar surface area (TPSA) is 42.6 Å². The average Bonchev–Trinajstić information content (AvgIpc) is 2.74. The Morgan fingerprint density at radius 1 is 1.18 bits per heavy atom. The van der Waals surface area contributed by atoms with Crippen molar-refractivity contribution in [2.75, 3.05) is 7.11 Å². The van der Waals surface area contributed by atoms with Crippen LogP contribution in [0.4, 0.5) is 0 Å². The first-order valence-electron chi connectivity index (χ1n) is 5.50. The molecular weight excluding hydrogens is 216 g/mol. The van der Waals surface area contributed by atoms with E-state index in [-0.39, 0.29) is 0 Å². The van der Waals surface area contributed by atoms with Crippen molar-refractivity contribution in [1.29, 1.82) is 0 Å². The highest BCUT2D eigenvalue weighted by Gasteiger charge is 2.17. The third-order valence-electron chi connectivity index (χ3n) is 2.97. The highest BCUT2D eigenvalue weighted by atomic mass is 16.5. The van der Waals surface area contributed by atoms with Crippen LogP contribution in [-0.4, -0.2) is 12.2 Å². The molecule has 2 aromatic rings. The number of benzene rings is 1. The Kier molecular flexibility index (Phi) is 3.20. The van der Waals surface area contributed by atoms with Crippen molar-refractivity contribution in [3.63, 3.8) is 0 Å². The standard InChI is InChI=1S/C14H16O3/c1-9-8-11(16-3)4-5-12(9)14(15)13-6-7-17-10(13)2/h4-8,14-15H,1-3H3. The summed E-state index contributed by atoms with van der Waals surface area (Å²) in [6.45, 7) is 3.80. The minimum Gasteiger partial charge on any atom is -0.497 e. The first-order chi connectivity index (χ1) is 8.13. The third-order valence-corrected chi connectivity index (χ3v) is 2.97. The number of aliphatic hydroxyl groups excluding tert-OH is 1. The molecule has 0 bridgehead atoms. The average molecular weight is 232 g/mol. The molecule has 90 valence electrons. The summed E-state index contributed by atoms with van der Waals surface area (Å²) in [6.07, 6.45) is 0.937. The summed E-state index contributed by atoms with van der Waals surface area (Å²) in [4.78, 5) is 0. The maximum atomic E-state index is 10.3. The smallest absolute Gasteiger partial charge is 0.119 e. The van der Waals surface area contributed by atoms with Gasteiger partial charge in [-0.2, -0.15) is 0 Å². The van der Waals surface area contributed by atoms with Gasteiger partial charge in [0, 0.05) is 5.56 Å². The van der Waals surface area contributed by atoms with Crippen molar-refractivity contribution in [2.45, 2.75) is 20.0 Å². The van der Waals surface area contributed by atoms with Gasteiger partial charge in [-0.25, -0.2) is 0 Å². The second kappa shape index (κ2) is 4.63. The fraction of sp³-hybridized carbons (Fsp3) is 0.286. The molecule has 0 saturated carbocycles. The Labute approximate surface area is 101 Å². The molecule has 2 rings (SSSR count). The van der Waals surface area contributed by atoms with Crippen LogP contribution in [0.1, 0.15) is 28.6 Å². The Hall–Kier alpha value is -1.74. The van der Waals surface area contributed by atoms with Crippen LogP contribution in [0, 0.1) is 13.8 Å². The predicted octanol–water partition coefficient (Wildman–Crippen LogP) is 2.99. The van der Waals surface area contributed by atoms with Gasteiger partial charge in [0.25, 0.3) is 0 Å². The van der Waals surface area contributed by atoms with Gasteiger partial charge in [-0.3, -0.25) is 0 Å². The van der Waals surface area contributed by atoms with E-state index in [4.69, 9.17) is 9.15 Å². The van der Waals surface area contributed by atoms with Gasteiger partial charge in [-0.05, 0) is 43.2 Å². The lowest BCUT2D eigenvalue weighted by atomic mass is 9.98. The molecule has 0 aliphatic heterocycles. The number of furan rings is 1. The summed E-state index contributed by atoms with van der Waals surface area (Å²) in [5.41, 5.74) is 2.67. The molecule has 1 unspecified atom stereocenters. The molecule has 1 aromatic carbocycles. The minimum absolute atomic E-state index is 0.653. The van der Waals surface area contributed by atoms with E-state index in [0.717, 1.165) is 28.2 Å². The molecule has 1 N–H and O–H groups in total. The van der Waals surface area contributed by atoms with Crippen LogP contribution in [-0.2, 0) is 0 Å². The van der Waals surface area contributed by atoms with E-state index in [2.05, 4.69) is 0 Å². The normalized spacial score (nSPS) is 12.5. The molecule has 0 amide bonds. The lowest BCUT2D eigenvalue weighted by Gasteiger charge is -2.14. The van der Waals surface area contributed by atoms with Gasteiger partial charge in [-0.15, -0.1) is 0 Å².